The molecule has 0 atom stereocenters. The zero-order valence-electron chi connectivity index (χ0n) is 10.4. The largest absolute Gasteiger partial charge is 0.497 e. The molecule has 4 nitrogen and oxygen atoms in total. The lowest BCUT2D eigenvalue weighted by atomic mass is 10.0. The molecule has 2 heterocycles. The number of aromatic amines is 1. The Morgan fingerprint density at radius 3 is 2.74 bits per heavy atom. The molecule has 3 rings (SSSR count). The summed E-state index contributed by atoms with van der Waals surface area (Å²) in [7, 11) is 1.61. The van der Waals surface area contributed by atoms with E-state index in [4.69, 9.17) is 4.74 Å². The fraction of sp³-hybridized carbons (Fsp3) is 0.0667. The second-order valence-electron chi connectivity index (χ2n) is 4.18. The molecule has 2 aromatic heterocycles. The van der Waals surface area contributed by atoms with Gasteiger partial charge < -0.3 is 9.72 Å². The van der Waals surface area contributed by atoms with Crippen LogP contribution in [0.3, 0.4) is 0 Å². The monoisotopic (exact) mass is 252 g/mol. The molecule has 0 aliphatic heterocycles. The van der Waals surface area contributed by atoms with Gasteiger partial charge in [-0.2, -0.15) is 0 Å². The van der Waals surface area contributed by atoms with E-state index in [1.165, 1.54) is 0 Å². The van der Waals surface area contributed by atoms with Gasteiger partial charge in [0, 0.05) is 40.6 Å². The number of ketones is 1. The molecule has 0 amide bonds. The van der Waals surface area contributed by atoms with Crippen LogP contribution in [0.5, 0.6) is 5.75 Å². The normalized spacial score (nSPS) is 10.6. The molecular weight excluding hydrogens is 240 g/mol. The van der Waals surface area contributed by atoms with Crippen molar-refractivity contribution < 1.29 is 9.53 Å². The minimum absolute atomic E-state index is 0.0260. The second kappa shape index (κ2) is 4.57. The van der Waals surface area contributed by atoms with Gasteiger partial charge in [0.1, 0.15) is 5.75 Å². The molecule has 94 valence electrons. The van der Waals surface area contributed by atoms with Gasteiger partial charge in [-0.1, -0.05) is 0 Å². The Morgan fingerprint density at radius 1 is 1.21 bits per heavy atom. The molecule has 0 bridgehead atoms. The summed E-state index contributed by atoms with van der Waals surface area (Å²) >= 11 is 0. The van der Waals surface area contributed by atoms with E-state index in [9.17, 15) is 4.79 Å². The van der Waals surface area contributed by atoms with E-state index >= 15 is 0 Å². The molecular formula is C15H12N2O2. The van der Waals surface area contributed by atoms with Gasteiger partial charge >= 0.3 is 0 Å². The third-order valence-corrected chi connectivity index (χ3v) is 3.08. The number of pyridine rings is 1. The average molecular weight is 252 g/mol. The molecule has 0 spiro atoms. The number of rotatable bonds is 3. The van der Waals surface area contributed by atoms with Crippen LogP contribution in [0.4, 0.5) is 0 Å². The van der Waals surface area contributed by atoms with Crippen LogP contribution in [0, 0.1) is 0 Å². The summed E-state index contributed by atoms with van der Waals surface area (Å²) in [6.45, 7) is 0. The van der Waals surface area contributed by atoms with Crippen molar-refractivity contribution in [2.24, 2.45) is 0 Å². The van der Waals surface area contributed by atoms with Gasteiger partial charge in [0.05, 0.1) is 7.11 Å². The maximum Gasteiger partial charge on any atom is 0.195 e. The van der Waals surface area contributed by atoms with Crippen molar-refractivity contribution in [2.75, 3.05) is 7.11 Å². The summed E-state index contributed by atoms with van der Waals surface area (Å²) in [5.74, 6) is 0.706. The molecule has 4 heteroatoms. The Bertz CT molecular complexity index is 732. The molecule has 0 radical (unpaired) electrons. The van der Waals surface area contributed by atoms with Crippen molar-refractivity contribution in [3.63, 3.8) is 0 Å². The minimum atomic E-state index is -0.0260. The lowest BCUT2D eigenvalue weighted by Gasteiger charge is -2.01. The molecule has 0 saturated carbocycles. The number of carbonyl (C=O) groups excluding carboxylic acids is 1. The predicted octanol–water partition coefficient (Wildman–Crippen LogP) is 2.80. The highest BCUT2D eigenvalue weighted by Crippen LogP contribution is 2.25. The van der Waals surface area contributed by atoms with E-state index in [1.54, 1.807) is 37.8 Å². The first kappa shape index (κ1) is 11.5. The van der Waals surface area contributed by atoms with Gasteiger partial charge in [-0.05, 0) is 30.3 Å². The van der Waals surface area contributed by atoms with Crippen LogP contribution in [0.25, 0.3) is 10.9 Å². The van der Waals surface area contributed by atoms with E-state index in [1.807, 2.05) is 18.2 Å². The number of carbonyl (C=O) groups is 1. The third-order valence-electron chi connectivity index (χ3n) is 3.08. The van der Waals surface area contributed by atoms with E-state index < -0.39 is 0 Å². The zero-order chi connectivity index (χ0) is 13.2. The standard InChI is InChI=1S/C15H12N2O2/c1-19-11-2-3-14-12(8-11)13(9-17-14)15(18)10-4-6-16-7-5-10/h2-9,17H,1H3. The van der Waals surface area contributed by atoms with Gasteiger partial charge in [-0.25, -0.2) is 0 Å². The maximum atomic E-state index is 12.4. The number of fused-ring (bicyclic) bond motifs is 1. The van der Waals surface area contributed by atoms with Crippen LogP contribution < -0.4 is 4.74 Å². The molecule has 3 aromatic rings. The summed E-state index contributed by atoms with van der Waals surface area (Å²) in [4.78, 5) is 19.4. The molecule has 0 saturated heterocycles. The van der Waals surface area contributed by atoms with Crippen molar-refractivity contribution in [3.8, 4) is 5.75 Å². The van der Waals surface area contributed by atoms with E-state index in [0.717, 1.165) is 16.7 Å². The molecule has 1 aromatic carbocycles. The number of H-pyrrole nitrogens is 1. The summed E-state index contributed by atoms with van der Waals surface area (Å²) in [6.07, 6.45) is 4.96. The van der Waals surface area contributed by atoms with E-state index in [2.05, 4.69) is 9.97 Å². The molecule has 0 unspecified atom stereocenters. The maximum absolute atomic E-state index is 12.4. The van der Waals surface area contributed by atoms with Crippen LogP contribution in [-0.4, -0.2) is 22.9 Å². The molecule has 0 aliphatic rings. The third kappa shape index (κ3) is 1.97. The lowest BCUT2D eigenvalue weighted by Crippen LogP contribution is -2.00. The minimum Gasteiger partial charge on any atom is -0.497 e. The molecule has 19 heavy (non-hydrogen) atoms. The Hall–Kier alpha value is -2.62. The highest BCUT2D eigenvalue weighted by molar-refractivity contribution is 6.16. The summed E-state index contributed by atoms with van der Waals surface area (Å²) in [5.41, 5.74) is 2.18. The number of nitrogens with one attached hydrogen (secondary N) is 1. The summed E-state index contributed by atoms with van der Waals surface area (Å²) in [6, 6.07) is 9.04. The van der Waals surface area contributed by atoms with E-state index in [-0.39, 0.29) is 5.78 Å². The Balaban J connectivity index is 2.12. The van der Waals surface area contributed by atoms with Crippen molar-refractivity contribution >= 4 is 16.7 Å². The first-order valence-corrected chi connectivity index (χ1v) is 5.89. The highest BCUT2D eigenvalue weighted by atomic mass is 16.5. The predicted molar refractivity (Wildman–Crippen MR) is 72.5 cm³/mol. The first-order chi connectivity index (χ1) is 9.29. The topological polar surface area (TPSA) is 55.0 Å². The fourth-order valence-electron chi connectivity index (χ4n) is 2.07. The van der Waals surface area contributed by atoms with E-state index in [0.29, 0.717) is 11.1 Å². The number of nitrogens with zero attached hydrogens (tertiary/aromatic N) is 1. The van der Waals surface area contributed by atoms with Gasteiger partial charge in [-0.3, -0.25) is 9.78 Å². The second-order valence-corrected chi connectivity index (χ2v) is 4.18. The van der Waals surface area contributed by atoms with Crippen LogP contribution in [0.1, 0.15) is 15.9 Å². The molecule has 1 N–H and O–H groups in total. The fourth-order valence-corrected chi connectivity index (χ4v) is 2.07. The van der Waals surface area contributed by atoms with Gasteiger partial charge in [0.2, 0.25) is 0 Å². The van der Waals surface area contributed by atoms with Crippen LogP contribution in [0.15, 0.2) is 48.9 Å². The molecule has 0 aliphatic carbocycles. The Morgan fingerprint density at radius 2 is 2.00 bits per heavy atom. The van der Waals surface area contributed by atoms with Crippen molar-refractivity contribution in [1.82, 2.24) is 9.97 Å². The number of ether oxygens (including phenoxy) is 1. The SMILES string of the molecule is COc1ccc2[nH]cc(C(=O)c3ccncc3)c2c1. The molecule has 0 fully saturated rings. The zero-order valence-corrected chi connectivity index (χ0v) is 10.4. The van der Waals surface area contributed by atoms with Crippen molar-refractivity contribution in [2.45, 2.75) is 0 Å². The quantitative estimate of drug-likeness (QED) is 0.729. The number of hydrogen-bond donors (Lipinski definition) is 1. The number of hydrogen-bond acceptors (Lipinski definition) is 3. The smallest absolute Gasteiger partial charge is 0.195 e. The van der Waals surface area contributed by atoms with Crippen molar-refractivity contribution in [1.29, 1.82) is 0 Å². The summed E-state index contributed by atoms with van der Waals surface area (Å²) in [5, 5.41) is 0.862. The summed E-state index contributed by atoms with van der Waals surface area (Å²) < 4.78 is 5.20. The van der Waals surface area contributed by atoms with Crippen LogP contribution in [0.2, 0.25) is 0 Å². The number of aromatic nitrogens is 2. The Labute approximate surface area is 110 Å². The highest BCUT2D eigenvalue weighted by Gasteiger charge is 2.14. The van der Waals surface area contributed by atoms with Crippen LogP contribution >= 0.6 is 0 Å². The average Bonchev–Trinajstić information content (AvgIpc) is 2.90. The van der Waals surface area contributed by atoms with Gasteiger partial charge in [0.25, 0.3) is 0 Å². The van der Waals surface area contributed by atoms with Crippen molar-refractivity contribution in [3.05, 3.63) is 60.0 Å². The van der Waals surface area contributed by atoms with Crippen LogP contribution in [-0.2, 0) is 0 Å². The first-order valence-electron chi connectivity index (χ1n) is 5.89. The number of methoxy groups -OCH3 is 1. The van der Waals surface area contributed by atoms with Gasteiger partial charge in [-0.15, -0.1) is 0 Å². The van der Waals surface area contributed by atoms with Gasteiger partial charge in [0.15, 0.2) is 5.78 Å². The lowest BCUT2D eigenvalue weighted by molar-refractivity contribution is 0.104. The number of benzene rings is 1. The Kier molecular flexibility index (Phi) is 2.76.